The molecule has 0 unspecified atom stereocenters. The van der Waals surface area contributed by atoms with E-state index < -0.39 is 0 Å². The molecule has 114 valence electrons. The average molecular weight is 290 g/mol. The highest BCUT2D eigenvalue weighted by atomic mass is 16.5. The summed E-state index contributed by atoms with van der Waals surface area (Å²) in [5.41, 5.74) is 0. The quantitative estimate of drug-likeness (QED) is 0.828. The van der Waals surface area contributed by atoms with Crippen molar-refractivity contribution in [2.75, 3.05) is 46.5 Å². The predicted octanol–water partition coefficient (Wildman–Crippen LogP) is 0.854. The van der Waals surface area contributed by atoms with E-state index in [1.807, 2.05) is 35.2 Å². The van der Waals surface area contributed by atoms with Gasteiger partial charge in [-0.05, 0) is 19.2 Å². The van der Waals surface area contributed by atoms with Gasteiger partial charge < -0.3 is 14.4 Å². The van der Waals surface area contributed by atoms with Crippen molar-refractivity contribution in [1.82, 2.24) is 9.80 Å². The van der Waals surface area contributed by atoms with Crippen molar-refractivity contribution in [3.05, 3.63) is 30.3 Å². The van der Waals surface area contributed by atoms with Crippen LogP contribution in [0.3, 0.4) is 0 Å². The minimum absolute atomic E-state index is 0.0612. The number of ether oxygens (including phenoxy) is 2. The fourth-order valence-electron chi connectivity index (χ4n) is 3.01. The van der Waals surface area contributed by atoms with Gasteiger partial charge in [0.05, 0.1) is 19.3 Å². The number of fused-ring (bicyclic) bond motifs is 3. The van der Waals surface area contributed by atoms with Gasteiger partial charge in [0.25, 0.3) is 5.91 Å². The molecule has 3 rings (SSSR count). The number of carbonyl (C=O) groups excluding carboxylic acids is 1. The van der Waals surface area contributed by atoms with Gasteiger partial charge in [0, 0.05) is 25.6 Å². The summed E-state index contributed by atoms with van der Waals surface area (Å²) in [4.78, 5) is 16.6. The summed E-state index contributed by atoms with van der Waals surface area (Å²) in [6, 6.07) is 9.77. The predicted molar refractivity (Wildman–Crippen MR) is 79.2 cm³/mol. The Labute approximate surface area is 125 Å². The molecule has 2 bridgehead atoms. The molecular formula is C16H22N2O3. The Morgan fingerprint density at radius 1 is 1.24 bits per heavy atom. The Hall–Kier alpha value is -1.59. The van der Waals surface area contributed by atoms with Crippen molar-refractivity contribution >= 4 is 5.91 Å². The average Bonchev–Trinajstić information content (AvgIpc) is 2.74. The molecule has 2 atom stereocenters. The van der Waals surface area contributed by atoms with Gasteiger partial charge in [-0.3, -0.25) is 9.69 Å². The molecule has 0 saturated carbocycles. The number of para-hydroxylation sites is 1. The van der Waals surface area contributed by atoms with E-state index in [0.29, 0.717) is 12.5 Å². The second kappa shape index (κ2) is 6.45. The SMILES string of the molecule is CN1C[C@H]2COC[C@@H]1CN(C(=O)COc1ccccc1)C2. The Morgan fingerprint density at radius 2 is 2.05 bits per heavy atom. The number of hydrogen-bond acceptors (Lipinski definition) is 4. The smallest absolute Gasteiger partial charge is 0.260 e. The van der Waals surface area contributed by atoms with Gasteiger partial charge >= 0.3 is 0 Å². The van der Waals surface area contributed by atoms with Crippen LogP contribution in [0.4, 0.5) is 0 Å². The van der Waals surface area contributed by atoms with E-state index >= 15 is 0 Å². The molecule has 1 amide bonds. The molecule has 0 aromatic heterocycles. The summed E-state index contributed by atoms with van der Waals surface area (Å²) in [7, 11) is 2.11. The lowest BCUT2D eigenvalue weighted by atomic mass is 10.1. The summed E-state index contributed by atoms with van der Waals surface area (Å²) in [6.07, 6.45) is 0. The van der Waals surface area contributed by atoms with Crippen LogP contribution in [0.25, 0.3) is 0 Å². The van der Waals surface area contributed by atoms with Crippen molar-refractivity contribution in [1.29, 1.82) is 0 Å². The van der Waals surface area contributed by atoms with E-state index in [2.05, 4.69) is 11.9 Å². The third-order valence-corrected chi connectivity index (χ3v) is 4.20. The molecule has 21 heavy (non-hydrogen) atoms. The van der Waals surface area contributed by atoms with Crippen molar-refractivity contribution in [3.8, 4) is 5.75 Å². The molecule has 2 fully saturated rings. The molecule has 5 heteroatoms. The fourth-order valence-corrected chi connectivity index (χ4v) is 3.01. The van der Waals surface area contributed by atoms with E-state index in [4.69, 9.17) is 9.47 Å². The van der Waals surface area contributed by atoms with E-state index in [-0.39, 0.29) is 18.6 Å². The normalized spacial score (nSPS) is 26.2. The van der Waals surface area contributed by atoms with Crippen LogP contribution in [0.15, 0.2) is 30.3 Å². The Balaban J connectivity index is 1.59. The van der Waals surface area contributed by atoms with Crippen LogP contribution in [-0.4, -0.2) is 68.3 Å². The first-order valence-corrected chi connectivity index (χ1v) is 7.46. The molecule has 2 heterocycles. The Morgan fingerprint density at radius 3 is 2.86 bits per heavy atom. The van der Waals surface area contributed by atoms with Gasteiger partial charge in [-0.15, -0.1) is 0 Å². The first-order chi connectivity index (χ1) is 10.2. The number of likely N-dealkylation sites (N-methyl/N-ethyl adjacent to an activating group) is 1. The molecular weight excluding hydrogens is 268 g/mol. The van der Waals surface area contributed by atoms with E-state index in [1.54, 1.807) is 0 Å². The number of amides is 1. The number of carbonyl (C=O) groups is 1. The first kappa shape index (κ1) is 14.4. The highest BCUT2D eigenvalue weighted by Gasteiger charge is 2.33. The molecule has 2 aliphatic rings. The van der Waals surface area contributed by atoms with Crippen LogP contribution >= 0.6 is 0 Å². The zero-order valence-electron chi connectivity index (χ0n) is 12.4. The molecule has 0 aliphatic carbocycles. The topological polar surface area (TPSA) is 42.0 Å². The first-order valence-electron chi connectivity index (χ1n) is 7.46. The van der Waals surface area contributed by atoms with Gasteiger partial charge in [-0.2, -0.15) is 0 Å². The van der Waals surface area contributed by atoms with Crippen molar-refractivity contribution in [2.45, 2.75) is 6.04 Å². The minimum Gasteiger partial charge on any atom is -0.484 e. The Bertz CT molecular complexity index is 480. The van der Waals surface area contributed by atoms with Gasteiger partial charge in [0.15, 0.2) is 6.61 Å². The number of benzene rings is 1. The third kappa shape index (κ3) is 3.54. The van der Waals surface area contributed by atoms with E-state index in [9.17, 15) is 4.79 Å². The monoisotopic (exact) mass is 290 g/mol. The van der Waals surface area contributed by atoms with Crippen LogP contribution in [0.5, 0.6) is 5.75 Å². The van der Waals surface area contributed by atoms with Crippen LogP contribution < -0.4 is 4.74 Å². The Kier molecular flexibility index (Phi) is 4.41. The maximum absolute atomic E-state index is 12.4. The highest BCUT2D eigenvalue weighted by Crippen LogP contribution is 2.18. The lowest BCUT2D eigenvalue weighted by molar-refractivity contribution is -0.135. The summed E-state index contributed by atoms with van der Waals surface area (Å²) >= 11 is 0. The third-order valence-electron chi connectivity index (χ3n) is 4.20. The summed E-state index contributed by atoms with van der Waals surface area (Å²) < 4.78 is 11.3. The number of rotatable bonds is 3. The van der Waals surface area contributed by atoms with Crippen LogP contribution in [0, 0.1) is 5.92 Å². The highest BCUT2D eigenvalue weighted by molar-refractivity contribution is 5.77. The van der Waals surface area contributed by atoms with E-state index in [1.165, 1.54) is 0 Å². The lowest BCUT2D eigenvalue weighted by Crippen LogP contribution is -2.46. The van der Waals surface area contributed by atoms with Crippen LogP contribution in [-0.2, 0) is 9.53 Å². The second-order valence-corrected chi connectivity index (χ2v) is 5.90. The summed E-state index contributed by atoms with van der Waals surface area (Å²) in [5.74, 6) is 1.19. The maximum atomic E-state index is 12.4. The zero-order valence-corrected chi connectivity index (χ0v) is 12.4. The molecule has 0 N–H and O–H groups in total. The standard InChI is InChI=1S/C16H22N2O3/c1-17-7-13-8-18(9-14(17)11-20-10-13)16(19)12-21-15-5-3-2-4-6-15/h2-6,13-14H,7-12H2,1H3/t13-,14+/m1/s1. The van der Waals surface area contributed by atoms with Crippen molar-refractivity contribution < 1.29 is 14.3 Å². The van der Waals surface area contributed by atoms with E-state index in [0.717, 1.165) is 32.0 Å². The van der Waals surface area contributed by atoms with Crippen molar-refractivity contribution in [2.24, 2.45) is 5.92 Å². The minimum atomic E-state index is 0.0612. The zero-order chi connectivity index (χ0) is 14.7. The molecule has 2 aliphatic heterocycles. The molecule has 0 spiro atoms. The number of nitrogens with zero attached hydrogens (tertiary/aromatic N) is 2. The fraction of sp³-hybridized carbons (Fsp3) is 0.562. The van der Waals surface area contributed by atoms with Gasteiger partial charge in [-0.25, -0.2) is 0 Å². The molecule has 1 aromatic rings. The molecule has 2 saturated heterocycles. The van der Waals surface area contributed by atoms with Gasteiger partial charge in [0.1, 0.15) is 5.75 Å². The maximum Gasteiger partial charge on any atom is 0.260 e. The van der Waals surface area contributed by atoms with Gasteiger partial charge in [0.2, 0.25) is 0 Å². The summed E-state index contributed by atoms with van der Waals surface area (Å²) in [6.45, 7) is 4.03. The molecule has 1 aromatic carbocycles. The molecule has 0 radical (unpaired) electrons. The van der Waals surface area contributed by atoms with Crippen molar-refractivity contribution in [3.63, 3.8) is 0 Å². The van der Waals surface area contributed by atoms with Crippen LogP contribution in [0.1, 0.15) is 0 Å². The van der Waals surface area contributed by atoms with Gasteiger partial charge in [-0.1, -0.05) is 18.2 Å². The second-order valence-electron chi connectivity index (χ2n) is 5.90. The lowest BCUT2D eigenvalue weighted by Gasteiger charge is -2.29. The largest absolute Gasteiger partial charge is 0.484 e. The summed E-state index contributed by atoms with van der Waals surface area (Å²) in [5, 5.41) is 0. The van der Waals surface area contributed by atoms with Crippen LogP contribution in [0.2, 0.25) is 0 Å². The number of hydrogen-bond donors (Lipinski definition) is 0. The molecule has 5 nitrogen and oxygen atoms in total.